The third-order valence-electron chi connectivity index (χ3n) is 1.34. The van der Waals surface area contributed by atoms with Gasteiger partial charge in [-0.2, -0.15) is 0 Å². The fraction of sp³-hybridized carbons (Fsp3) is 0.857. The summed E-state index contributed by atoms with van der Waals surface area (Å²) >= 11 is 0. The highest BCUT2D eigenvalue weighted by Crippen LogP contribution is 2.01. The number of rotatable bonds is 6. The van der Waals surface area contributed by atoms with E-state index in [9.17, 15) is 4.79 Å². The molecule has 0 spiro atoms. The summed E-state index contributed by atoms with van der Waals surface area (Å²) in [5.74, 6) is 0. The lowest BCUT2D eigenvalue weighted by atomic mass is 10.3. The van der Waals surface area contributed by atoms with Gasteiger partial charge in [-0.1, -0.05) is 0 Å². The maximum atomic E-state index is 9.90. The second kappa shape index (κ2) is 6.87. The fourth-order valence-corrected chi connectivity index (χ4v) is 0.741. The first kappa shape index (κ1) is 11.2. The van der Waals surface area contributed by atoms with Crippen molar-refractivity contribution < 1.29 is 24.1 Å². The molecule has 0 fully saturated rings. The maximum Gasteiger partial charge on any atom is 0.505 e. The van der Waals surface area contributed by atoms with Crippen molar-refractivity contribution in [2.75, 3.05) is 20.8 Å². The number of methoxy groups -OCH3 is 2. The van der Waals surface area contributed by atoms with Gasteiger partial charge in [0.05, 0.1) is 6.61 Å². The Balaban J connectivity index is 3.23. The minimum absolute atomic E-state index is 0.179. The van der Waals surface area contributed by atoms with E-state index in [1.54, 1.807) is 0 Å². The van der Waals surface area contributed by atoms with Gasteiger partial charge in [0.15, 0.2) is 6.29 Å². The lowest BCUT2D eigenvalue weighted by molar-refractivity contribution is -0.108. The summed E-state index contributed by atoms with van der Waals surface area (Å²) in [7, 11) is 3.07. The largest absolute Gasteiger partial charge is 0.505 e. The first-order valence-corrected chi connectivity index (χ1v) is 3.62. The summed E-state index contributed by atoms with van der Waals surface area (Å²) in [6, 6.07) is 0. The van der Waals surface area contributed by atoms with Crippen molar-refractivity contribution in [2.24, 2.45) is 0 Å². The molecule has 0 rings (SSSR count). The van der Waals surface area contributed by atoms with Gasteiger partial charge in [-0.3, -0.25) is 0 Å². The average Bonchev–Trinajstić information content (AvgIpc) is 2.04. The molecule has 0 aliphatic heterocycles. The van der Waals surface area contributed by atoms with Gasteiger partial charge in [0.2, 0.25) is 0 Å². The molecule has 0 amide bonds. The van der Waals surface area contributed by atoms with Crippen LogP contribution in [0.1, 0.15) is 12.8 Å². The number of carbonyl (C=O) groups is 1. The molecule has 0 bridgehead atoms. The molecule has 0 atom stereocenters. The molecule has 1 N–H and O–H groups in total. The summed E-state index contributed by atoms with van der Waals surface area (Å²) in [4.78, 5) is 9.90. The molecule has 5 nitrogen and oxygen atoms in total. The van der Waals surface area contributed by atoms with Gasteiger partial charge in [0.25, 0.3) is 0 Å². The molecule has 0 aromatic rings. The van der Waals surface area contributed by atoms with Crippen LogP contribution in [0.4, 0.5) is 4.79 Å². The zero-order valence-electron chi connectivity index (χ0n) is 7.28. The van der Waals surface area contributed by atoms with Crippen LogP contribution in [0.25, 0.3) is 0 Å². The summed E-state index contributed by atoms with van der Waals surface area (Å²) in [5.41, 5.74) is 0. The van der Waals surface area contributed by atoms with Gasteiger partial charge in [-0.15, -0.1) is 0 Å². The van der Waals surface area contributed by atoms with Gasteiger partial charge >= 0.3 is 6.16 Å². The fourth-order valence-electron chi connectivity index (χ4n) is 0.741. The van der Waals surface area contributed by atoms with Gasteiger partial charge in [-0.25, -0.2) is 4.79 Å². The molecular weight excluding hydrogens is 164 g/mol. The van der Waals surface area contributed by atoms with Crippen molar-refractivity contribution in [1.29, 1.82) is 0 Å². The molecule has 5 heteroatoms. The highest BCUT2D eigenvalue weighted by Gasteiger charge is 2.04. The van der Waals surface area contributed by atoms with E-state index in [1.807, 2.05) is 0 Å². The molecule has 0 aliphatic rings. The first-order chi connectivity index (χ1) is 5.70. The first-order valence-electron chi connectivity index (χ1n) is 3.62. The lowest BCUT2D eigenvalue weighted by Gasteiger charge is -2.11. The number of hydrogen-bond donors (Lipinski definition) is 1. The molecule has 0 aliphatic carbocycles. The third kappa shape index (κ3) is 5.94. The summed E-state index contributed by atoms with van der Waals surface area (Å²) in [6.45, 7) is 0.179. The van der Waals surface area contributed by atoms with E-state index in [4.69, 9.17) is 14.6 Å². The molecular formula is C7H14O5. The van der Waals surface area contributed by atoms with Crippen molar-refractivity contribution in [2.45, 2.75) is 19.1 Å². The predicted molar refractivity (Wildman–Crippen MR) is 41.0 cm³/mol. The molecule has 0 aromatic carbocycles. The number of carboxylic acid groups (broad SMARTS) is 1. The third-order valence-corrected chi connectivity index (χ3v) is 1.34. The second-order valence-electron chi connectivity index (χ2n) is 2.16. The molecule has 0 saturated heterocycles. The SMILES string of the molecule is COC(CCCOC(=O)O)OC. The van der Waals surface area contributed by atoms with E-state index in [-0.39, 0.29) is 12.9 Å². The van der Waals surface area contributed by atoms with Gasteiger partial charge in [-0.05, 0) is 6.42 Å². The van der Waals surface area contributed by atoms with Crippen LogP contribution in [0.15, 0.2) is 0 Å². The van der Waals surface area contributed by atoms with Crippen molar-refractivity contribution in [3.8, 4) is 0 Å². The standard InChI is InChI=1S/C7H14O5/c1-10-6(11-2)4-3-5-12-7(8)9/h6H,3-5H2,1-2H3,(H,8,9). The van der Waals surface area contributed by atoms with E-state index in [2.05, 4.69) is 4.74 Å². The lowest BCUT2D eigenvalue weighted by Crippen LogP contribution is -2.14. The quantitative estimate of drug-likeness (QED) is 0.374. The molecule has 0 radical (unpaired) electrons. The van der Waals surface area contributed by atoms with E-state index in [1.165, 1.54) is 14.2 Å². The number of ether oxygens (including phenoxy) is 3. The van der Waals surface area contributed by atoms with Crippen LogP contribution in [-0.2, 0) is 14.2 Å². The minimum atomic E-state index is -1.25. The Kier molecular flexibility index (Phi) is 6.41. The van der Waals surface area contributed by atoms with Gasteiger partial charge in [0.1, 0.15) is 0 Å². The van der Waals surface area contributed by atoms with Crippen molar-refractivity contribution >= 4 is 6.16 Å². The molecule has 0 unspecified atom stereocenters. The summed E-state index contributed by atoms with van der Waals surface area (Å²) in [5, 5.41) is 8.11. The van der Waals surface area contributed by atoms with Crippen LogP contribution >= 0.6 is 0 Å². The maximum absolute atomic E-state index is 9.90. The Morgan fingerprint density at radius 2 is 2.00 bits per heavy atom. The summed E-state index contributed by atoms with van der Waals surface area (Å²) in [6.07, 6.45) is -0.303. The highest BCUT2D eigenvalue weighted by atomic mass is 16.7. The minimum Gasteiger partial charge on any atom is -0.450 e. The molecule has 12 heavy (non-hydrogen) atoms. The monoisotopic (exact) mass is 178 g/mol. The van der Waals surface area contributed by atoms with Crippen molar-refractivity contribution in [1.82, 2.24) is 0 Å². The normalized spacial score (nSPS) is 10.2. The van der Waals surface area contributed by atoms with E-state index >= 15 is 0 Å². The molecule has 72 valence electrons. The topological polar surface area (TPSA) is 65.0 Å². The van der Waals surface area contributed by atoms with Gasteiger partial charge in [0, 0.05) is 20.6 Å². The smallest absolute Gasteiger partial charge is 0.450 e. The molecule has 0 heterocycles. The average molecular weight is 178 g/mol. The van der Waals surface area contributed by atoms with Crippen LogP contribution < -0.4 is 0 Å². The van der Waals surface area contributed by atoms with Crippen LogP contribution in [0.2, 0.25) is 0 Å². The Hall–Kier alpha value is -0.810. The van der Waals surface area contributed by atoms with Gasteiger partial charge < -0.3 is 19.3 Å². The number of hydrogen-bond acceptors (Lipinski definition) is 4. The Labute approximate surface area is 71.2 Å². The predicted octanol–water partition coefficient (Wildman–Crippen LogP) is 1.08. The van der Waals surface area contributed by atoms with Crippen LogP contribution in [0.5, 0.6) is 0 Å². The Morgan fingerprint density at radius 1 is 1.42 bits per heavy atom. The second-order valence-corrected chi connectivity index (χ2v) is 2.16. The molecule has 0 aromatic heterocycles. The van der Waals surface area contributed by atoms with Crippen LogP contribution in [0.3, 0.4) is 0 Å². The molecule has 0 saturated carbocycles. The Morgan fingerprint density at radius 3 is 2.42 bits per heavy atom. The Bertz CT molecular complexity index is 121. The zero-order valence-corrected chi connectivity index (χ0v) is 7.28. The van der Waals surface area contributed by atoms with Crippen molar-refractivity contribution in [3.63, 3.8) is 0 Å². The van der Waals surface area contributed by atoms with E-state index in [0.29, 0.717) is 12.8 Å². The highest BCUT2D eigenvalue weighted by molar-refractivity contribution is 5.56. The van der Waals surface area contributed by atoms with Crippen molar-refractivity contribution in [3.05, 3.63) is 0 Å². The van der Waals surface area contributed by atoms with Crippen LogP contribution in [0, 0.1) is 0 Å². The van der Waals surface area contributed by atoms with Crippen LogP contribution in [-0.4, -0.2) is 38.4 Å². The van der Waals surface area contributed by atoms with E-state index in [0.717, 1.165) is 0 Å². The summed E-state index contributed by atoms with van der Waals surface area (Å²) < 4.78 is 14.0. The zero-order chi connectivity index (χ0) is 9.40. The van der Waals surface area contributed by atoms with E-state index < -0.39 is 6.16 Å².